The zero-order valence-corrected chi connectivity index (χ0v) is 13.7. The average Bonchev–Trinajstić information content (AvgIpc) is 2.51. The van der Waals surface area contributed by atoms with Crippen molar-refractivity contribution < 1.29 is 9.47 Å². The lowest BCUT2D eigenvalue weighted by molar-refractivity contribution is 0.287. The van der Waals surface area contributed by atoms with Gasteiger partial charge in [-0.2, -0.15) is 0 Å². The van der Waals surface area contributed by atoms with Gasteiger partial charge in [0.05, 0.1) is 13.2 Å². The van der Waals surface area contributed by atoms with Gasteiger partial charge < -0.3 is 14.8 Å². The van der Waals surface area contributed by atoms with Gasteiger partial charge in [0, 0.05) is 18.8 Å². The average molecular weight is 308 g/mol. The number of amidine groups is 1. The van der Waals surface area contributed by atoms with Crippen molar-refractivity contribution in [1.82, 2.24) is 5.32 Å². The molecule has 0 aromatic heterocycles. The van der Waals surface area contributed by atoms with E-state index in [-0.39, 0.29) is 0 Å². The molecule has 0 fully saturated rings. The maximum Gasteiger partial charge on any atom is 0.161 e. The topological polar surface area (TPSA) is 42.8 Å². The Morgan fingerprint density at radius 2 is 2.00 bits per heavy atom. The zero-order chi connectivity index (χ0) is 14.9. The summed E-state index contributed by atoms with van der Waals surface area (Å²) in [4.78, 5) is 4.47. The minimum Gasteiger partial charge on any atom is -0.490 e. The van der Waals surface area contributed by atoms with Crippen LogP contribution in [-0.2, 0) is 6.42 Å². The first kappa shape index (κ1) is 16.0. The molecule has 116 valence electrons. The van der Waals surface area contributed by atoms with Crippen LogP contribution in [0.2, 0.25) is 0 Å². The third-order valence-corrected chi connectivity index (χ3v) is 4.13. The second-order valence-electron chi connectivity index (χ2n) is 4.71. The molecule has 0 saturated heterocycles. The van der Waals surface area contributed by atoms with Gasteiger partial charge in [-0.3, -0.25) is 4.99 Å². The maximum absolute atomic E-state index is 5.65. The SMILES string of the molecule is CCOc1ccc(CCNC2=NCCCS2)cc1OCC. The minimum atomic E-state index is 0.648. The van der Waals surface area contributed by atoms with Crippen LogP contribution < -0.4 is 14.8 Å². The molecule has 1 heterocycles. The normalized spacial score (nSPS) is 14.5. The fourth-order valence-electron chi connectivity index (χ4n) is 2.13. The highest BCUT2D eigenvalue weighted by atomic mass is 32.2. The number of hydrogen-bond acceptors (Lipinski definition) is 5. The first-order valence-corrected chi connectivity index (χ1v) is 8.61. The van der Waals surface area contributed by atoms with Crippen molar-refractivity contribution in [2.45, 2.75) is 26.7 Å². The van der Waals surface area contributed by atoms with E-state index in [1.807, 2.05) is 31.7 Å². The second kappa shape index (κ2) is 8.82. The molecule has 4 nitrogen and oxygen atoms in total. The third kappa shape index (κ3) is 5.16. The van der Waals surface area contributed by atoms with Gasteiger partial charge in [-0.05, 0) is 44.4 Å². The van der Waals surface area contributed by atoms with Crippen LogP contribution in [0, 0.1) is 0 Å². The molecule has 1 aromatic rings. The predicted octanol–water partition coefficient (Wildman–Crippen LogP) is 3.11. The van der Waals surface area contributed by atoms with Gasteiger partial charge in [-0.25, -0.2) is 0 Å². The summed E-state index contributed by atoms with van der Waals surface area (Å²) in [6, 6.07) is 6.17. The number of hydrogen-bond donors (Lipinski definition) is 1. The van der Waals surface area contributed by atoms with Crippen LogP contribution in [-0.4, -0.2) is 37.2 Å². The van der Waals surface area contributed by atoms with Gasteiger partial charge in [0.2, 0.25) is 0 Å². The van der Waals surface area contributed by atoms with E-state index < -0.39 is 0 Å². The number of benzene rings is 1. The van der Waals surface area contributed by atoms with Crippen molar-refractivity contribution in [3.8, 4) is 11.5 Å². The maximum atomic E-state index is 5.65. The molecule has 1 N–H and O–H groups in total. The Balaban J connectivity index is 1.90. The van der Waals surface area contributed by atoms with Crippen molar-refractivity contribution in [2.75, 3.05) is 32.1 Å². The van der Waals surface area contributed by atoms with E-state index >= 15 is 0 Å². The molecular formula is C16H24N2O2S. The number of ether oxygens (including phenoxy) is 2. The molecule has 1 aliphatic heterocycles. The van der Waals surface area contributed by atoms with Gasteiger partial charge in [0.1, 0.15) is 0 Å². The van der Waals surface area contributed by atoms with Crippen LogP contribution in [0.3, 0.4) is 0 Å². The van der Waals surface area contributed by atoms with Crippen LogP contribution in [0.5, 0.6) is 11.5 Å². The van der Waals surface area contributed by atoms with E-state index in [4.69, 9.17) is 9.47 Å². The van der Waals surface area contributed by atoms with Gasteiger partial charge in [-0.1, -0.05) is 17.8 Å². The van der Waals surface area contributed by atoms with E-state index in [1.54, 1.807) is 0 Å². The van der Waals surface area contributed by atoms with Gasteiger partial charge in [0.25, 0.3) is 0 Å². The summed E-state index contributed by atoms with van der Waals surface area (Å²) >= 11 is 1.81. The van der Waals surface area contributed by atoms with E-state index in [9.17, 15) is 0 Å². The van der Waals surface area contributed by atoms with Crippen LogP contribution in [0.15, 0.2) is 23.2 Å². The summed E-state index contributed by atoms with van der Waals surface area (Å²) in [5, 5.41) is 4.48. The smallest absolute Gasteiger partial charge is 0.161 e. The van der Waals surface area contributed by atoms with Crippen LogP contribution in [0.4, 0.5) is 0 Å². The molecule has 1 aromatic carbocycles. The first-order chi connectivity index (χ1) is 10.3. The fourth-order valence-corrected chi connectivity index (χ4v) is 2.98. The lowest BCUT2D eigenvalue weighted by atomic mass is 10.1. The molecule has 0 radical (unpaired) electrons. The van der Waals surface area contributed by atoms with Crippen molar-refractivity contribution in [1.29, 1.82) is 0 Å². The quantitative estimate of drug-likeness (QED) is 0.840. The molecule has 0 aliphatic carbocycles. The summed E-state index contributed by atoms with van der Waals surface area (Å²) in [5.41, 5.74) is 1.25. The summed E-state index contributed by atoms with van der Waals surface area (Å²) in [7, 11) is 0. The van der Waals surface area contributed by atoms with Gasteiger partial charge in [-0.15, -0.1) is 0 Å². The minimum absolute atomic E-state index is 0.648. The number of aliphatic imine (C=N–C) groups is 1. The molecular weight excluding hydrogens is 284 g/mol. The summed E-state index contributed by atoms with van der Waals surface area (Å²) in [5.74, 6) is 2.83. The highest BCUT2D eigenvalue weighted by Gasteiger charge is 2.07. The molecule has 0 bridgehead atoms. The van der Waals surface area contributed by atoms with E-state index in [0.717, 1.165) is 36.2 Å². The molecule has 0 unspecified atom stereocenters. The molecule has 0 saturated carbocycles. The van der Waals surface area contributed by atoms with Gasteiger partial charge in [0.15, 0.2) is 16.7 Å². The Morgan fingerprint density at radius 1 is 1.19 bits per heavy atom. The first-order valence-electron chi connectivity index (χ1n) is 7.63. The molecule has 0 spiro atoms. The summed E-state index contributed by atoms with van der Waals surface area (Å²) < 4.78 is 11.2. The van der Waals surface area contributed by atoms with Crippen LogP contribution >= 0.6 is 11.8 Å². The number of nitrogens with zero attached hydrogens (tertiary/aromatic N) is 1. The molecule has 1 aliphatic rings. The second-order valence-corrected chi connectivity index (χ2v) is 5.80. The lowest BCUT2D eigenvalue weighted by Gasteiger charge is -2.14. The van der Waals surface area contributed by atoms with Crippen molar-refractivity contribution in [3.05, 3.63) is 23.8 Å². The molecule has 5 heteroatoms. The van der Waals surface area contributed by atoms with Crippen molar-refractivity contribution in [2.24, 2.45) is 4.99 Å². The number of thioether (sulfide) groups is 1. The predicted molar refractivity (Wildman–Crippen MR) is 89.9 cm³/mol. The largest absolute Gasteiger partial charge is 0.490 e. The Hall–Kier alpha value is -1.36. The van der Waals surface area contributed by atoms with Crippen molar-refractivity contribution in [3.63, 3.8) is 0 Å². The monoisotopic (exact) mass is 308 g/mol. The van der Waals surface area contributed by atoms with Crippen LogP contribution in [0.25, 0.3) is 0 Å². The number of nitrogens with one attached hydrogen (secondary N) is 1. The highest BCUT2D eigenvalue weighted by molar-refractivity contribution is 8.13. The Kier molecular flexibility index (Phi) is 6.73. The van der Waals surface area contributed by atoms with E-state index in [1.165, 1.54) is 17.7 Å². The van der Waals surface area contributed by atoms with Crippen molar-refractivity contribution >= 4 is 16.9 Å². The Morgan fingerprint density at radius 3 is 2.71 bits per heavy atom. The zero-order valence-electron chi connectivity index (χ0n) is 12.9. The van der Waals surface area contributed by atoms with E-state index in [0.29, 0.717) is 13.2 Å². The molecule has 2 rings (SSSR count). The Labute approximate surface area is 131 Å². The Bertz CT molecular complexity index is 477. The fraction of sp³-hybridized carbons (Fsp3) is 0.562. The summed E-state index contributed by atoms with van der Waals surface area (Å²) in [6.45, 7) is 7.12. The molecule has 0 amide bonds. The lowest BCUT2D eigenvalue weighted by Crippen LogP contribution is -2.25. The van der Waals surface area contributed by atoms with Crippen LogP contribution in [0.1, 0.15) is 25.8 Å². The highest BCUT2D eigenvalue weighted by Crippen LogP contribution is 2.28. The molecule has 0 atom stereocenters. The summed E-state index contributed by atoms with van der Waals surface area (Å²) in [6.07, 6.45) is 2.14. The standard InChI is InChI=1S/C16H24N2O2S/c1-3-19-14-7-6-13(12-15(14)20-4-2)8-10-18-16-17-9-5-11-21-16/h6-7,12H,3-5,8-11H2,1-2H3,(H,17,18). The van der Waals surface area contributed by atoms with E-state index in [2.05, 4.69) is 22.4 Å². The molecule has 21 heavy (non-hydrogen) atoms. The van der Waals surface area contributed by atoms with Gasteiger partial charge >= 0.3 is 0 Å². The third-order valence-electron chi connectivity index (χ3n) is 3.09. The number of rotatable bonds is 7.